The minimum Gasteiger partial charge on any atom is -0.477 e. The molecule has 0 atom stereocenters. The summed E-state index contributed by atoms with van der Waals surface area (Å²) < 4.78 is 40.5. The molecule has 0 aliphatic rings. The van der Waals surface area contributed by atoms with Crippen LogP contribution in [-0.2, 0) is 4.79 Å². The van der Waals surface area contributed by atoms with Crippen LogP contribution in [0.1, 0.15) is 11.1 Å². The molecule has 0 aromatic heterocycles. The molecule has 0 bridgehead atoms. The van der Waals surface area contributed by atoms with E-state index in [9.17, 15) is 18.0 Å². The van der Waals surface area contributed by atoms with Gasteiger partial charge in [0.2, 0.25) is 0 Å². The molecule has 2 aromatic carbocycles. The van der Waals surface area contributed by atoms with E-state index in [0.717, 1.165) is 11.8 Å². The number of ether oxygens (including phenoxy) is 1. The van der Waals surface area contributed by atoms with Crippen molar-refractivity contribution in [3.8, 4) is 22.9 Å². The third-order valence-corrected chi connectivity index (χ3v) is 3.39. The molecule has 9 heteroatoms. The molecule has 0 unspecified atom stereocenters. The minimum absolute atomic E-state index is 0.139. The quantitative estimate of drug-likeness (QED) is 0.533. The van der Waals surface area contributed by atoms with E-state index >= 15 is 0 Å². The molecular weight excluding hydrogens is 381 g/mol. The summed E-state index contributed by atoms with van der Waals surface area (Å²) in [6.07, 6.45) is -3.81. The normalized spacial score (nSPS) is 11.0. The van der Waals surface area contributed by atoms with Gasteiger partial charge in [0.25, 0.3) is 0 Å². The summed E-state index contributed by atoms with van der Waals surface area (Å²) in [6.45, 7) is 1.84. The molecule has 0 saturated carbocycles. The molecule has 5 nitrogen and oxygen atoms in total. The summed E-state index contributed by atoms with van der Waals surface area (Å²) in [5, 5.41) is 17.1. The van der Waals surface area contributed by atoms with E-state index in [4.69, 9.17) is 16.1 Å². The van der Waals surface area contributed by atoms with E-state index in [0.29, 0.717) is 16.7 Å². The number of hydrogen-bond donors (Lipinski definition) is 3. The predicted octanol–water partition coefficient (Wildman–Crippen LogP) is 4.23. The van der Waals surface area contributed by atoms with Gasteiger partial charge in [-0.1, -0.05) is 24.3 Å². The largest absolute Gasteiger partial charge is 0.573 e. The van der Waals surface area contributed by atoms with Gasteiger partial charge in [0, 0.05) is 6.20 Å². The zero-order chi connectivity index (χ0) is 20.6. The molecule has 0 spiro atoms. The number of carboxylic acid groups (broad SMARTS) is 1. The van der Waals surface area contributed by atoms with Crippen LogP contribution in [0.15, 0.2) is 53.6 Å². The molecule has 0 amide bonds. The standard InChI is InChI=1S/C15H10F3NO.C3H5NO2S/c1-10-5-6-14(12(7-10)9-19)11-3-2-4-13(8-11)20-15(16,17)18;4-1-2(7)3(5)6/h2-8H,1H3;1,7H,4H2,(H,5,6)/b;2-1-. The number of aryl methyl sites for hydroxylation is 1. The monoisotopic (exact) mass is 396 g/mol. The Kier molecular flexibility index (Phi) is 7.75. The van der Waals surface area contributed by atoms with Gasteiger partial charge >= 0.3 is 12.3 Å². The Morgan fingerprint density at radius 3 is 2.44 bits per heavy atom. The fraction of sp³-hybridized carbons (Fsp3) is 0.111. The first-order valence-electron chi connectivity index (χ1n) is 7.28. The number of thiol groups is 1. The van der Waals surface area contributed by atoms with Crippen LogP contribution in [0.2, 0.25) is 0 Å². The lowest BCUT2D eigenvalue weighted by molar-refractivity contribution is -0.274. The molecule has 27 heavy (non-hydrogen) atoms. The smallest absolute Gasteiger partial charge is 0.477 e. The maximum atomic E-state index is 12.2. The van der Waals surface area contributed by atoms with Gasteiger partial charge in [0.15, 0.2) is 0 Å². The second-order valence-electron chi connectivity index (χ2n) is 5.09. The Bertz CT molecular complexity index is 890. The summed E-state index contributed by atoms with van der Waals surface area (Å²) in [5.74, 6) is -1.41. The number of nitrogens with zero attached hydrogens (tertiary/aromatic N) is 1. The van der Waals surface area contributed by atoms with E-state index in [2.05, 4.69) is 17.4 Å². The van der Waals surface area contributed by atoms with Gasteiger partial charge in [-0.15, -0.1) is 25.8 Å². The van der Waals surface area contributed by atoms with Crippen molar-refractivity contribution in [3.63, 3.8) is 0 Å². The SMILES string of the molecule is Cc1ccc(-c2cccc(OC(F)(F)F)c2)c(C#N)c1.N/C=C(\S)C(=O)O. The van der Waals surface area contributed by atoms with Crippen molar-refractivity contribution in [3.05, 3.63) is 64.7 Å². The van der Waals surface area contributed by atoms with Crippen LogP contribution in [0, 0.1) is 18.3 Å². The van der Waals surface area contributed by atoms with Gasteiger partial charge < -0.3 is 15.6 Å². The average molecular weight is 396 g/mol. The minimum atomic E-state index is -4.73. The number of aliphatic carboxylic acids is 1. The van der Waals surface area contributed by atoms with Crippen LogP contribution in [0.5, 0.6) is 5.75 Å². The Labute approximate surface area is 158 Å². The van der Waals surface area contributed by atoms with Gasteiger partial charge in [-0.3, -0.25) is 0 Å². The molecule has 142 valence electrons. The third-order valence-electron chi connectivity index (χ3n) is 3.05. The highest BCUT2D eigenvalue weighted by Crippen LogP contribution is 2.30. The highest BCUT2D eigenvalue weighted by Gasteiger charge is 2.31. The summed E-state index contributed by atoms with van der Waals surface area (Å²) >= 11 is 3.46. The fourth-order valence-electron chi connectivity index (χ4n) is 1.93. The van der Waals surface area contributed by atoms with E-state index in [1.807, 2.05) is 13.0 Å². The molecule has 0 saturated heterocycles. The van der Waals surface area contributed by atoms with Gasteiger partial charge in [-0.2, -0.15) is 5.26 Å². The van der Waals surface area contributed by atoms with Crippen molar-refractivity contribution in [1.82, 2.24) is 0 Å². The summed E-state index contributed by atoms with van der Waals surface area (Å²) in [7, 11) is 0. The van der Waals surface area contributed by atoms with Crippen LogP contribution in [0.4, 0.5) is 13.2 Å². The lowest BCUT2D eigenvalue weighted by Crippen LogP contribution is -2.17. The first-order chi connectivity index (χ1) is 12.6. The molecule has 2 rings (SSSR count). The van der Waals surface area contributed by atoms with Crippen LogP contribution in [-0.4, -0.2) is 17.4 Å². The number of carbonyl (C=O) groups is 1. The number of hydrogen-bond acceptors (Lipinski definition) is 5. The fourth-order valence-corrected chi connectivity index (χ4v) is 1.93. The third kappa shape index (κ3) is 7.33. The zero-order valence-corrected chi connectivity index (χ0v) is 14.9. The number of alkyl halides is 3. The van der Waals surface area contributed by atoms with E-state index in [1.54, 1.807) is 24.3 Å². The molecule has 0 radical (unpaired) electrons. The van der Waals surface area contributed by atoms with Crippen LogP contribution in [0.3, 0.4) is 0 Å². The second-order valence-corrected chi connectivity index (χ2v) is 5.58. The number of rotatable bonds is 3. The number of carboxylic acids is 1. The van der Waals surface area contributed by atoms with Gasteiger partial charge in [-0.05, 0) is 41.8 Å². The highest BCUT2D eigenvalue weighted by atomic mass is 32.1. The van der Waals surface area contributed by atoms with E-state index in [1.165, 1.54) is 18.2 Å². The number of benzene rings is 2. The van der Waals surface area contributed by atoms with Gasteiger partial charge in [0.05, 0.1) is 11.6 Å². The summed E-state index contributed by atoms with van der Waals surface area (Å²) in [4.78, 5) is 9.57. The lowest BCUT2D eigenvalue weighted by atomic mass is 9.98. The molecule has 0 fully saturated rings. The zero-order valence-electron chi connectivity index (χ0n) is 14.0. The molecule has 0 aliphatic heterocycles. The van der Waals surface area contributed by atoms with Crippen molar-refractivity contribution < 1.29 is 27.8 Å². The highest BCUT2D eigenvalue weighted by molar-refractivity contribution is 7.85. The number of nitriles is 1. The van der Waals surface area contributed by atoms with Crippen LogP contribution < -0.4 is 10.5 Å². The van der Waals surface area contributed by atoms with Crippen molar-refractivity contribution >= 4 is 18.6 Å². The number of halogens is 3. The Morgan fingerprint density at radius 1 is 1.30 bits per heavy atom. The van der Waals surface area contributed by atoms with Crippen LogP contribution in [0.25, 0.3) is 11.1 Å². The van der Waals surface area contributed by atoms with Crippen molar-refractivity contribution in [1.29, 1.82) is 5.26 Å². The van der Waals surface area contributed by atoms with Crippen molar-refractivity contribution in [2.45, 2.75) is 13.3 Å². The average Bonchev–Trinajstić information content (AvgIpc) is 2.60. The first-order valence-corrected chi connectivity index (χ1v) is 7.73. The van der Waals surface area contributed by atoms with Gasteiger partial charge in [0.1, 0.15) is 10.7 Å². The Balaban J connectivity index is 0.000000445. The maximum Gasteiger partial charge on any atom is 0.573 e. The Morgan fingerprint density at radius 2 is 1.96 bits per heavy atom. The van der Waals surface area contributed by atoms with E-state index in [-0.39, 0.29) is 10.7 Å². The molecule has 2 aromatic rings. The first kappa shape index (κ1) is 21.9. The topological polar surface area (TPSA) is 96.3 Å². The van der Waals surface area contributed by atoms with Crippen LogP contribution >= 0.6 is 12.6 Å². The summed E-state index contributed by atoms with van der Waals surface area (Å²) in [5.41, 5.74) is 7.15. The molecule has 3 N–H and O–H groups in total. The molecular formula is C18H15F3N2O3S. The maximum absolute atomic E-state index is 12.2. The number of nitrogens with two attached hydrogens (primary N) is 1. The predicted molar refractivity (Wildman–Crippen MR) is 96.9 cm³/mol. The van der Waals surface area contributed by atoms with Crippen molar-refractivity contribution in [2.75, 3.05) is 0 Å². The van der Waals surface area contributed by atoms with Crippen molar-refractivity contribution in [2.24, 2.45) is 5.73 Å². The van der Waals surface area contributed by atoms with Gasteiger partial charge in [-0.25, -0.2) is 4.79 Å². The Hall–Kier alpha value is -3.12. The molecule has 0 aliphatic carbocycles. The van der Waals surface area contributed by atoms with E-state index < -0.39 is 12.3 Å². The summed E-state index contributed by atoms with van der Waals surface area (Å²) in [6, 6.07) is 12.8. The lowest BCUT2D eigenvalue weighted by Gasteiger charge is -2.11. The molecule has 0 heterocycles. The second kappa shape index (κ2) is 9.54.